The number of benzene rings is 2. The van der Waals surface area contributed by atoms with E-state index in [0.29, 0.717) is 6.04 Å². The summed E-state index contributed by atoms with van der Waals surface area (Å²) in [4.78, 5) is 4.70. The summed E-state index contributed by atoms with van der Waals surface area (Å²) in [5.74, 6) is 0.951. The van der Waals surface area contributed by atoms with E-state index < -0.39 is 0 Å². The third-order valence-corrected chi connectivity index (χ3v) is 5.27. The summed E-state index contributed by atoms with van der Waals surface area (Å²) in [6.45, 7) is 1.88. The van der Waals surface area contributed by atoms with E-state index in [2.05, 4.69) is 47.8 Å². The second-order valence-electron chi connectivity index (χ2n) is 6.00. The molecule has 118 valence electrons. The zero-order valence-corrected chi connectivity index (χ0v) is 13.8. The van der Waals surface area contributed by atoms with Crippen molar-refractivity contribution in [1.29, 1.82) is 0 Å². The topological polar surface area (TPSA) is 34.1 Å². The molecule has 0 aliphatic carbocycles. The molecular weight excluding hydrogens is 304 g/mol. The molecule has 1 N–H and O–H groups in total. The Morgan fingerprint density at radius 1 is 1.13 bits per heavy atom. The lowest BCUT2D eigenvalue weighted by Gasteiger charge is -2.12. The predicted molar refractivity (Wildman–Crippen MR) is 95.4 cm³/mol. The van der Waals surface area contributed by atoms with Gasteiger partial charge in [0, 0.05) is 12.5 Å². The number of hydrogen-bond acceptors (Lipinski definition) is 4. The van der Waals surface area contributed by atoms with Crippen molar-refractivity contribution < 1.29 is 4.74 Å². The molecule has 0 spiro atoms. The normalized spacial score (nSPS) is 17.7. The van der Waals surface area contributed by atoms with E-state index in [9.17, 15) is 0 Å². The van der Waals surface area contributed by atoms with Crippen LogP contribution in [0.1, 0.15) is 23.4 Å². The zero-order chi connectivity index (χ0) is 15.5. The van der Waals surface area contributed by atoms with Gasteiger partial charge in [-0.25, -0.2) is 4.98 Å². The van der Waals surface area contributed by atoms with Gasteiger partial charge in [0.05, 0.1) is 15.2 Å². The summed E-state index contributed by atoms with van der Waals surface area (Å²) >= 11 is 1.77. The standard InChI is InChI=1S/C19H20N2OS/c1-2-6-18-17(5-1)21-19(23-18)12-14-7-9-16(10-8-14)22-13-15-4-3-11-20-15/h1-2,5-10,15,20H,3-4,11-13H2/t15-/m1/s1. The van der Waals surface area contributed by atoms with E-state index in [1.165, 1.54) is 23.1 Å². The van der Waals surface area contributed by atoms with Crippen molar-refractivity contribution in [2.24, 2.45) is 0 Å². The summed E-state index contributed by atoms with van der Waals surface area (Å²) in [5.41, 5.74) is 2.37. The summed E-state index contributed by atoms with van der Waals surface area (Å²) in [7, 11) is 0. The van der Waals surface area contributed by atoms with Crippen LogP contribution in [0.2, 0.25) is 0 Å². The minimum absolute atomic E-state index is 0.512. The lowest BCUT2D eigenvalue weighted by atomic mass is 10.1. The molecule has 2 aromatic carbocycles. The maximum atomic E-state index is 5.87. The van der Waals surface area contributed by atoms with Gasteiger partial charge < -0.3 is 10.1 Å². The molecule has 3 nitrogen and oxygen atoms in total. The van der Waals surface area contributed by atoms with Gasteiger partial charge in [0.15, 0.2) is 0 Å². The number of aromatic nitrogens is 1. The Labute approximate surface area is 140 Å². The molecule has 23 heavy (non-hydrogen) atoms. The highest BCUT2D eigenvalue weighted by Gasteiger charge is 2.14. The first-order valence-electron chi connectivity index (χ1n) is 8.16. The van der Waals surface area contributed by atoms with Crippen LogP contribution in [0.4, 0.5) is 0 Å². The highest BCUT2D eigenvalue weighted by molar-refractivity contribution is 7.18. The Morgan fingerprint density at radius 3 is 2.78 bits per heavy atom. The van der Waals surface area contributed by atoms with Crippen LogP contribution in [0, 0.1) is 0 Å². The van der Waals surface area contributed by atoms with Crippen molar-refractivity contribution >= 4 is 21.6 Å². The number of thiazole rings is 1. The van der Waals surface area contributed by atoms with Crippen molar-refractivity contribution in [1.82, 2.24) is 10.3 Å². The number of ether oxygens (including phenoxy) is 1. The van der Waals surface area contributed by atoms with Crippen molar-refractivity contribution in [2.75, 3.05) is 13.2 Å². The molecule has 2 heterocycles. The Hall–Kier alpha value is -1.91. The molecule has 0 amide bonds. The molecule has 1 fully saturated rings. The largest absolute Gasteiger partial charge is 0.492 e. The number of nitrogens with one attached hydrogen (secondary N) is 1. The maximum Gasteiger partial charge on any atom is 0.119 e. The van der Waals surface area contributed by atoms with Crippen LogP contribution >= 0.6 is 11.3 Å². The number of hydrogen-bond donors (Lipinski definition) is 1. The molecule has 0 radical (unpaired) electrons. The third-order valence-electron chi connectivity index (χ3n) is 4.23. The molecule has 1 aliphatic heterocycles. The fourth-order valence-corrected chi connectivity index (χ4v) is 3.97. The summed E-state index contributed by atoms with van der Waals surface area (Å²) < 4.78 is 7.12. The van der Waals surface area contributed by atoms with E-state index >= 15 is 0 Å². The molecule has 1 saturated heterocycles. The Morgan fingerprint density at radius 2 is 2.00 bits per heavy atom. The van der Waals surface area contributed by atoms with Gasteiger partial charge in [-0.2, -0.15) is 0 Å². The molecule has 0 bridgehead atoms. The van der Waals surface area contributed by atoms with E-state index in [4.69, 9.17) is 9.72 Å². The molecule has 1 aromatic heterocycles. The molecule has 4 heteroatoms. The molecule has 0 unspecified atom stereocenters. The third kappa shape index (κ3) is 3.54. The second kappa shape index (κ2) is 6.69. The zero-order valence-electron chi connectivity index (χ0n) is 13.0. The van der Waals surface area contributed by atoms with Crippen LogP contribution in [0.3, 0.4) is 0 Å². The van der Waals surface area contributed by atoms with Crippen LogP contribution in [0.5, 0.6) is 5.75 Å². The maximum absolute atomic E-state index is 5.87. The summed E-state index contributed by atoms with van der Waals surface area (Å²) in [6, 6.07) is 17.2. The van der Waals surface area contributed by atoms with Crippen LogP contribution in [-0.4, -0.2) is 24.2 Å². The Balaban J connectivity index is 1.39. The predicted octanol–water partition coefficient (Wildman–Crippen LogP) is 4.02. The Kier molecular flexibility index (Phi) is 4.26. The van der Waals surface area contributed by atoms with E-state index in [1.807, 2.05) is 6.07 Å². The van der Waals surface area contributed by atoms with Gasteiger partial charge >= 0.3 is 0 Å². The van der Waals surface area contributed by atoms with Crippen molar-refractivity contribution in [3.63, 3.8) is 0 Å². The van der Waals surface area contributed by atoms with Gasteiger partial charge in [-0.15, -0.1) is 11.3 Å². The fourth-order valence-electron chi connectivity index (χ4n) is 2.97. The van der Waals surface area contributed by atoms with E-state index in [1.54, 1.807) is 11.3 Å². The van der Waals surface area contributed by atoms with E-state index in [0.717, 1.165) is 35.8 Å². The second-order valence-corrected chi connectivity index (χ2v) is 7.12. The molecule has 3 aromatic rings. The molecular formula is C19H20N2OS. The molecule has 4 rings (SSSR count). The monoisotopic (exact) mass is 324 g/mol. The fraction of sp³-hybridized carbons (Fsp3) is 0.316. The van der Waals surface area contributed by atoms with Gasteiger partial charge in [-0.05, 0) is 49.2 Å². The first kappa shape index (κ1) is 14.7. The average Bonchev–Trinajstić information content (AvgIpc) is 3.23. The summed E-state index contributed by atoms with van der Waals surface area (Å²) in [6.07, 6.45) is 3.36. The van der Waals surface area contributed by atoms with Crippen LogP contribution in [0.15, 0.2) is 48.5 Å². The Bertz CT molecular complexity index is 742. The molecule has 0 saturated carbocycles. The molecule has 1 atom stereocenters. The van der Waals surface area contributed by atoms with Crippen molar-refractivity contribution in [3.05, 3.63) is 59.1 Å². The molecule has 1 aliphatic rings. The van der Waals surface area contributed by atoms with Gasteiger partial charge in [-0.1, -0.05) is 24.3 Å². The average molecular weight is 324 g/mol. The highest BCUT2D eigenvalue weighted by Crippen LogP contribution is 2.24. The number of fused-ring (bicyclic) bond motifs is 1. The highest BCUT2D eigenvalue weighted by atomic mass is 32.1. The van der Waals surface area contributed by atoms with E-state index in [-0.39, 0.29) is 0 Å². The summed E-state index contributed by atoms with van der Waals surface area (Å²) in [5, 5.41) is 4.61. The minimum atomic E-state index is 0.512. The first-order valence-corrected chi connectivity index (χ1v) is 8.98. The van der Waals surface area contributed by atoms with Gasteiger partial charge in [0.2, 0.25) is 0 Å². The van der Waals surface area contributed by atoms with Crippen LogP contribution < -0.4 is 10.1 Å². The van der Waals surface area contributed by atoms with Gasteiger partial charge in [0.1, 0.15) is 12.4 Å². The smallest absolute Gasteiger partial charge is 0.119 e. The van der Waals surface area contributed by atoms with Crippen molar-refractivity contribution in [2.45, 2.75) is 25.3 Å². The lowest BCUT2D eigenvalue weighted by molar-refractivity contribution is 0.277. The van der Waals surface area contributed by atoms with Crippen molar-refractivity contribution in [3.8, 4) is 5.75 Å². The first-order chi connectivity index (χ1) is 11.4. The van der Waals surface area contributed by atoms with Crippen LogP contribution in [-0.2, 0) is 6.42 Å². The number of rotatable bonds is 5. The van der Waals surface area contributed by atoms with Crippen LogP contribution in [0.25, 0.3) is 10.2 Å². The van der Waals surface area contributed by atoms with Gasteiger partial charge in [0.25, 0.3) is 0 Å². The lowest BCUT2D eigenvalue weighted by Crippen LogP contribution is -2.28. The van der Waals surface area contributed by atoms with Gasteiger partial charge in [-0.3, -0.25) is 0 Å². The number of nitrogens with zero attached hydrogens (tertiary/aromatic N) is 1. The number of para-hydroxylation sites is 1. The minimum Gasteiger partial charge on any atom is -0.492 e. The SMILES string of the molecule is c1ccc2sc(Cc3ccc(OC[C@H]4CCCN4)cc3)nc2c1. The quantitative estimate of drug-likeness (QED) is 0.770.